The first-order valence-corrected chi connectivity index (χ1v) is 5.28. The van der Waals surface area contributed by atoms with E-state index in [1.807, 2.05) is 0 Å². The normalized spacial score (nSPS) is 11.2. The highest BCUT2D eigenvalue weighted by Gasteiger charge is 2.31. The summed E-state index contributed by atoms with van der Waals surface area (Å²) in [6.45, 7) is 1.88. The molecule has 6 heteroatoms. The lowest BCUT2D eigenvalue weighted by atomic mass is 10.1. The Labute approximate surface area is 103 Å². The summed E-state index contributed by atoms with van der Waals surface area (Å²) in [5.41, 5.74) is -0.448. The first kappa shape index (κ1) is 14.3. The maximum absolute atomic E-state index is 12.5. The van der Waals surface area contributed by atoms with E-state index >= 15 is 0 Å². The maximum atomic E-state index is 12.5. The number of esters is 1. The van der Waals surface area contributed by atoms with E-state index in [9.17, 15) is 18.0 Å². The summed E-state index contributed by atoms with van der Waals surface area (Å²) in [5, 5.41) is 0. The van der Waals surface area contributed by atoms with Gasteiger partial charge in [0, 0.05) is 5.56 Å². The standard InChI is InChI=1S/C12H13F3O3/c1-3-18-11(16)6-8-4-5-9(12(13,14)15)7-10(8)17-2/h4-5,7H,3,6H2,1-2H3. The van der Waals surface area contributed by atoms with Crippen molar-refractivity contribution in [3.8, 4) is 5.75 Å². The van der Waals surface area contributed by atoms with E-state index < -0.39 is 17.7 Å². The van der Waals surface area contributed by atoms with Crippen LogP contribution in [0.25, 0.3) is 0 Å². The average molecular weight is 262 g/mol. The number of methoxy groups -OCH3 is 1. The number of carbonyl (C=O) groups is 1. The second-order valence-corrected chi connectivity index (χ2v) is 3.51. The zero-order valence-electron chi connectivity index (χ0n) is 10.0. The third kappa shape index (κ3) is 3.65. The smallest absolute Gasteiger partial charge is 0.416 e. The lowest BCUT2D eigenvalue weighted by Crippen LogP contribution is -2.10. The molecule has 0 fully saturated rings. The zero-order chi connectivity index (χ0) is 13.8. The van der Waals surface area contributed by atoms with Crippen LogP contribution in [-0.4, -0.2) is 19.7 Å². The van der Waals surface area contributed by atoms with E-state index in [1.165, 1.54) is 13.2 Å². The van der Waals surface area contributed by atoms with Gasteiger partial charge in [-0.3, -0.25) is 4.79 Å². The number of benzene rings is 1. The molecule has 0 aliphatic carbocycles. The number of hydrogen-bond acceptors (Lipinski definition) is 3. The second-order valence-electron chi connectivity index (χ2n) is 3.51. The fourth-order valence-electron chi connectivity index (χ4n) is 1.43. The fraction of sp³-hybridized carbons (Fsp3) is 0.417. The van der Waals surface area contributed by atoms with Crippen LogP contribution in [0.2, 0.25) is 0 Å². The van der Waals surface area contributed by atoms with Crippen molar-refractivity contribution in [3.05, 3.63) is 29.3 Å². The Balaban J connectivity index is 2.97. The molecule has 100 valence electrons. The Bertz CT molecular complexity index is 427. The van der Waals surface area contributed by atoms with Gasteiger partial charge in [0.2, 0.25) is 0 Å². The third-order valence-corrected chi connectivity index (χ3v) is 2.25. The Morgan fingerprint density at radius 3 is 2.50 bits per heavy atom. The van der Waals surface area contributed by atoms with Gasteiger partial charge in [0.05, 0.1) is 25.7 Å². The van der Waals surface area contributed by atoms with Crippen molar-refractivity contribution in [2.45, 2.75) is 19.5 Å². The van der Waals surface area contributed by atoms with Crippen LogP contribution < -0.4 is 4.74 Å². The molecule has 0 unspecified atom stereocenters. The van der Waals surface area contributed by atoms with Crippen LogP contribution in [0.5, 0.6) is 5.75 Å². The van der Waals surface area contributed by atoms with Gasteiger partial charge >= 0.3 is 12.1 Å². The van der Waals surface area contributed by atoms with Crippen LogP contribution >= 0.6 is 0 Å². The summed E-state index contributed by atoms with van der Waals surface area (Å²) in [6.07, 6.45) is -4.55. The van der Waals surface area contributed by atoms with Crippen molar-refractivity contribution in [2.24, 2.45) is 0 Å². The van der Waals surface area contributed by atoms with Gasteiger partial charge in [-0.2, -0.15) is 13.2 Å². The zero-order valence-corrected chi connectivity index (χ0v) is 10.0. The van der Waals surface area contributed by atoms with Crippen LogP contribution in [0.15, 0.2) is 18.2 Å². The number of ether oxygens (including phenoxy) is 2. The Hall–Kier alpha value is -1.72. The molecule has 1 aromatic carbocycles. The molecule has 0 atom stereocenters. The molecule has 18 heavy (non-hydrogen) atoms. The first-order valence-electron chi connectivity index (χ1n) is 5.28. The summed E-state index contributed by atoms with van der Waals surface area (Å²) >= 11 is 0. The highest BCUT2D eigenvalue weighted by molar-refractivity contribution is 5.73. The number of carbonyl (C=O) groups excluding carboxylic acids is 1. The molecule has 0 aromatic heterocycles. The summed E-state index contributed by atoms with van der Waals surface area (Å²) in [7, 11) is 1.25. The fourth-order valence-corrected chi connectivity index (χ4v) is 1.43. The molecule has 1 rings (SSSR count). The molecule has 0 saturated carbocycles. The lowest BCUT2D eigenvalue weighted by molar-refractivity contribution is -0.142. The van der Waals surface area contributed by atoms with Crippen LogP contribution in [0.4, 0.5) is 13.2 Å². The maximum Gasteiger partial charge on any atom is 0.416 e. The van der Waals surface area contributed by atoms with Crippen molar-refractivity contribution < 1.29 is 27.4 Å². The van der Waals surface area contributed by atoms with Gasteiger partial charge in [-0.1, -0.05) is 6.07 Å². The van der Waals surface area contributed by atoms with Crippen molar-refractivity contribution in [2.75, 3.05) is 13.7 Å². The molecule has 0 amide bonds. The van der Waals surface area contributed by atoms with Crippen LogP contribution in [-0.2, 0) is 22.1 Å². The molecule has 0 saturated heterocycles. The van der Waals surface area contributed by atoms with Gasteiger partial charge in [0.25, 0.3) is 0 Å². The van der Waals surface area contributed by atoms with Crippen LogP contribution in [0, 0.1) is 0 Å². The highest BCUT2D eigenvalue weighted by atomic mass is 19.4. The largest absolute Gasteiger partial charge is 0.496 e. The van der Waals surface area contributed by atoms with Crippen LogP contribution in [0.1, 0.15) is 18.1 Å². The minimum atomic E-state index is -4.43. The summed E-state index contributed by atoms with van der Waals surface area (Å²) in [5.74, 6) is -0.478. The molecule has 0 bridgehead atoms. The Morgan fingerprint density at radius 1 is 1.33 bits per heavy atom. The highest BCUT2D eigenvalue weighted by Crippen LogP contribution is 2.33. The van der Waals surface area contributed by atoms with Gasteiger partial charge in [-0.15, -0.1) is 0 Å². The second kappa shape index (κ2) is 5.75. The predicted octanol–water partition coefficient (Wildman–Crippen LogP) is 2.82. The van der Waals surface area contributed by atoms with Crippen LogP contribution in [0.3, 0.4) is 0 Å². The predicted molar refractivity (Wildman–Crippen MR) is 58.3 cm³/mol. The van der Waals surface area contributed by atoms with Crippen molar-refractivity contribution >= 4 is 5.97 Å². The van der Waals surface area contributed by atoms with E-state index in [2.05, 4.69) is 0 Å². The molecule has 0 N–H and O–H groups in total. The van der Waals surface area contributed by atoms with Gasteiger partial charge in [-0.25, -0.2) is 0 Å². The number of hydrogen-bond donors (Lipinski definition) is 0. The monoisotopic (exact) mass is 262 g/mol. The minimum Gasteiger partial charge on any atom is -0.496 e. The van der Waals surface area contributed by atoms with E-state index in [0.717, 1.165) is 12.1 Å². The molecule has 0 heterocycles. The van der Waals surface area contributed by atoms with E-state index in [-0.39, 0.29) is 18.8 Å². The van der Waals surface area contributed by atoms with Gasteiger partial charge in [-0.05, 0) is 19.1 Å². The molecular weight excluding hydrogens is 249 g/mol. The first-order chi connectivity index (χ1) is 8.38. The quantitative estimate of drug-likeness (QED) is 0.783. The number of halogens is 3. The van der Waals surface area contributed by atoms with Gasteiger partial charge < -0.3 is 9.47 Å². The topological polar surface area (TPSA) is 35.5 Å². The van der Waals surface area contributed by atoms with E-state index in [4.69, 9.17) is 9.47 Å². The minimum absolute atomic E-state index is 0.0258. The Kier molecular flexibility index (Phi) is 4.58. The van der Waals surface area contributed by atoms with Crippen molar-refractivity contribution in [1.29, 1.82) is 0 Å². The lowest BCUT2D eigenvalue weighted by Gasteiger charge is -2.12. The Morgan fingerprint density at radius 2 is 2.00 bits per heavy atom. The number of rotatable bonds is 4. The summed E-state index contributed by atoms with van der Waals surface area (Å²) < 4.78 is 47.0. The molecule has 0 aliphatic heterocycles. The molecular formula is C12H13F3O3. The SMILES string of the molecule is CCOC(=O)Cc1ccc(C(F)(F)F)cc1OC. The molecule has 1 aromatic rings. The van der Waals surface area contributed by atoms with Gasteiger partial charge in [0.15, 0.2) is 0 Å². The average Bonchev–Trinajstić information content (AvgIpc) is 2.28. The number of alkyl halides is 3. The van der Waals surface area contributed by atoms with Crippen molar-refractivity contribution in [1.82, 2.24) is 0 Å². The molecule has 0 aliphatic rings. The molecule has 0 spiro atoms. The summed E-state index contributed by atoms with van der Waals surface area (Å²) in [4.78, 5) is 11.3. The van der Waals surface area contributed by atoms with E-state index in [0.29, 0.717) is 5.56 Å². The third-order valence-electron chi connectivity index (χ3n) is 2.25. The van der Waals surface area contributed by atoms with Crippen molar-refractivity contribution in [3.63, 3.8) is 0 Å². The summed E-state index contributed by atoms with van der Waals surface area (Å²) in [6, 6.07) is 3.00. The molecule has 3 nitrogen and oxygen atoms in total. The van der Waals surface area contributed by atoms with E-state index in [1.54, 1.807) is 6.92 Å². The van der Waals surface area contributed by atoms with Gasteiger partial charge in [0.1, 0.15) is 5.75 Å². The molecule has 0 radical (unpaired) electrons.